The molecule has 0 amide bonds. The van der Waals surface area contributed by atoms with Crippen molar-refractivity contribution in [3.05, 3.63) is 71.3 Å². The molecule has 0 aliphatic carbocycles. The Kier molecular flexibility index (Phi) is 4.78. The SMILES string of the molecule is Clc1ccc(-c2nc(CN3CCNCC3c3cccnc3)co2)cc1. The average molecular weight is 355 g/mol. The van der Waals surface area contributed by atoms with E-state index in [4.69, 9.17) is 16.0 Å². The second-order valence-corrected chi connectivity index (χ2v) is 6.56. The van der Waals surface area contributed by atoms with E-state index in [1.165, 1.54) is 5.56 Å². The number of nitrogens with zero attached hydrogens (tertiary/aromatic N) is 3. The van der Waals surface area contributed by atoms with Gasteiger partial charge in [0, 0.05) is 55.2 Å². The Morgan fingerprint density at radius 1 is 1.24 bits per heavy atom. The topological polar surface area (TPSA) is 54.2 Å². The Balaban J connectivity index is 1.51. The maximum atomic E-state index is 5.94. The van der Waals surface area contributed by atoms with Gasteiger partial charge in [0.15, 0.2) is 0 Å². The predicted octanol–water partition coefficient (Wildman–Crippen LogP) is 3.54. The van der Waals surface area contributed by atoms with Crippen LogP contribution < -0.4 is 5.32 Å². The van der Waals surface area contributed by atoms with Gasteiger partial charge >= 0.3 is 0 Å². The molecule has 5 nitrogen and oxygen atoms in total. The summed E-state index contributed by atoms with van der Waals surface area (Å²) in [6, 6.07) is 11.9. The zero-order valence-electron chi connectivity index (χ0n) is 13.7. The van der Waals surface area contributed by atoms with Crippen LogP contribution in [0, 0.1) is 0 Å². The number of hydrogen-bond acceptors (Lipinski definition) is 5. The van der Waals surface area contributed by atoms with Crippen LogP contribution in [0.2, 0.25) is 5.02 Å². The molecule has 4 rings (SSSR count). The van der Waals surface area contributed by atoms with Gasteiger partial charge in [-0.15, -0.1) is 0 Å². The number of benzene rings is 1. The van der Waals surface area contributed by atoms with Crippen LogP contribution in [0.15, 0.2) is 59.5 Å². The van der Waals surface area contributed by atoms with Gasteiger partial charge in [0.25, 0.3) is 0 Å². The standard InChI is InChI=1S/C19H19ClN4O/c20-16-5-3-14(4-6-16)19-23-17(13-25-19)12-24-9-8-22-11-18(24)15-2-1-7-21-10-15/h1-7,10,13,18,22H,8-9,11-12H2. The first-order valence-electron chi connectivity index (χ1n) is 8.34. The lowest BCUT2D eigenvalue weighted by atomic mass is 10.1. The molecule has 6 heteroatoms. The van der Waals surface area contributed by atoms with Crippen LogP contribution in [0.3, 0.4) is 0 Å². The van der Waals surface area contributed by atoms with Crippen LogP contribution in [0.5, 0.6) is 0 Å². The third-order valence-corrected chi connectivity index (χ3v) is 4.68. The van der Waals surface area contributed by atoms with Crippen molar-refractivity contribution in [3.8, 4) is 11.5 Å². The van der Waals surface area contributed by atoms with Crippen LogP contribution in [0.1, 0.15) is 17.3 Å². The summed E-state index contributed by atoms with van der Waals surface area (Å²) in [4.78, 5) is 11.3. The molecule has 3 heterocycles. The van der Waals surface area contributed by atoms with Crippen molar-refractivity contribution < 1.29 is 4.42 Å². The summed E-state index contributed by atoms with van der Waals surface area (Å²) < 4.78 is 5.66. The van der Waals surface area contributed by atoms with Crippen molar-refractivity contribution in [3.63, 3.8) is 0 Å². The van der Waals surface area contributed by atoms with E-state index in [-0.39, 0.29) is 6.04 Å². The lowest BCUT2D eigenvalue weighted by Crippen LogP contribution is -2.45. The number of nitrogens with one attached hydrogen (secondary N) is 1. The lowest BCUT2D eigenvalue weighted by molar-refractivity contribution is 0.151. The zero-order chi connectivity index (χ0) is 17.1. The van der Waals surface area contributed by atoms with E-state index in [9.17, 15) is 0 Å². The first-order valence-corrected chi connectivity index (χ1v) is 8.72. The molecule has 1 fully saturated rings. The van der Waals surface area contributed by atoms with Crippen LogP contribution in [-0.2, 0) is 6.54 Å². The third-order valence-electron chi connectivity index (χ3n) is 4.43. The van der Waals surface area contributed by atoms with Crippen molar-refractivity contribution in [1.82, 2.24) is 20.2 Å². The smallest absolute Gasteiger partial charge is 0.226 e. The maximum absolute atomic E-state index is 5.94. The highest BCUT2D eigenvalue weighted by Gasteiger charge is 2.24. The maximum Gasteiger partial charge on any atom is 0.226 e. The van der Waals surface area contributed by atoms with Crippen molar-refractivity contribution in [1.29, 1.82) is 0 Å². The van der Waals surface area contributed by atoms with E-state index in [1.54, 1.807) is 12.5 Å². The molecule has 1 saturated heterocycles. The van der Waals surface area contributed by atoms with E-state index in [0.717, 1.165) is 37.4 Å². The van der Waals surface area contributed by atoms with Crippen molar-refractivity contribution in [2.24, 2.45) is 0 Å². The molecule has 1 aliphatic heterocycles. The Morgan fingerprint density at radius 3 is 2.92 bits per heavy atom. The zero-order valence-corrected chi connectivity index (χ0v) is 14.5. The average Bonchev–Trinajstić information content (AvgIpc) is 3.12. The molecule has 3 aromatic rings. The van der Waals surface area contributed by atoms with E-state index in [2.05, 4.69) is 26.3 Å². The molecule has 1 aliphatic rings. The molecular formula is C19H19ClN4O. The molecule has 0 radical (unpaired) electrons. The van der Waals surface area contributed by atoms with Crippen LogP contribution in [0.4, 0.5) is 0 Å². The summed E-state index contributed by atoms with van der Waals surface area (Å²) in [5, 5.41) is 4.16. The van der Waals surface area contributed by atoms with Gasteiger partial charge < -0.3 is 9.73 Å². The van der Waals surface area contributed by atoms with E-state index < -0.39 is 0 Å². The first kappa shape index (κ1) is 16.3. The van der Waals surface area contributed by atoms with Gasteiger partial charge in [0.05, 0.1) is 5.69 Å². The summed E-state index contributed by atoms with van der Waals surface area (Å²) >= 11 is 5.94. The largest absolute Gasteiger partial charge is 0.444 e. The van der Waals surface area contributed by atoms with Gasteiger partial charge in [-0.25, -0.2) is 4.98 Å². The molecule has 25 heavy (non-hydrogen) atoms. The molecule has 2 aromatic heterocycles. The second-order valence-electron chi connectivity index (χ2n) is 6.13. The van der Waals surface area contributed by atoms with Gasteiger partial charge in [0.1, 0.15) is 6.26 Å². The minimum absolute atomic E-state index is 0.290. The quantitative estimate of drug-likeness (QED) is 0.776. The van der Waals surface area contributed by atoms with Gasteiger partial charge in [-0.3, -0.25) is 9.88 Å². The Hall–Kier alpha value is -2.21. The van der Waals surface area contributed by atoms with Crippen molar-refractivity contribution in [2.45, 2.75) is 12.6 Å². The minimum Gasteiger partial charge on any atom is -0.444 e. The third kappa shape index (κ3) is 3.74. The molecule has 0 bridgehead atoms. The fourth-order valence-corrected chi connectivity index (χ4v) is 3.28. The molecule has 128 valence electrons. The molecule has 1 unspecified atom stereocenters. The highest BCUT2D eigenvalue weighted by atomic mass is 35.5. The molecule has 1 atom stereocenters. The van der Waals surface area contributed by atoms with Crippen LogP contribution >= 0.6 is 11.6 Å². The number of pyridine rings is 1. The summed E-state index contributed by atoms with van der Waals surface area (Å²) in [5.74, 6) is 0.625. The monoisotopic (exact) mass is 354 g/mol. The summed E-state index contributed by atoms with van der Waals surface area (Å²) in [7, 11) is 0. The van der Waals surface area contributed by atoms with Gasteiger partial charge in [-0.05, 0) is 35.9 Å². The number of rotatable bonds is 4. The Morgan fingerprint density at radius 2 is 2.12 bits per heavy atom. The number of halogens is 1. The fraction of sp³-hybridized carbons (Fsp3) is 0.263. The normalized spacial score (nSPS) is 18.4. The number of aromatic nitrogens is 2. The Labute approximate surface area is 151 Å². The number of oxazole rings is 1. The number of hydrogen-bond donors (Lipinski definition) is 1. The summed E-state index contributed by atoms with van der Waals surface area (Å²) in [6.45, 7) is 3.59. The van der Waals surface area contributed by atoms with Gasteiger partial charge in [-0.2, -0.15) is 0 Å². The highest BCUT2D eigenvalue weighted by Crippen LogP contribution is 2.25. The van der Waals surface area contributed by atoms with Crippen LogP contribution in [-0.4, -0.2) is 34.5 Å². The molecule has 0 saturated carbocycles. The lowest BCUT2D eigenvalue weighted by Gasteiger charge is -2.35. The van der Waals surface area contributed by atoms with Crippen LogP contribution in [0.25, 0.3) is 11.5 Å². The molecule has 1 N–H and O–H groups in total. The summed E-state index contributed by atoms with van der Waals surface area (Å²) in [6.07, 6.45) is 5.49. The highest BCUT2D eigenvalue weighted by molar-refractivity contribution is 6.30. The van der Waals surface area contributed by atoms with Gasteiger partial charge in [-0.1, -0.05) is 17.7 Å². The van der Waals surface area contributed by atoms with E-state index in [0.29, 0.717) is 10.9 Å². The molecule has 0 spiro atoms. The van der Waals surface area contributed by atoms with E-state index in [1.807, 2.05) is 36.5 Å². The van der Waals surface area contributed by atoms with E-state index >= 15 is 0 Å². The second kappa shape index (κ2) is 7.35. The summed E-state index contributed by atoms with van der Waals surface area (Å²) in [5.41, 5.74) is 3.08. The van der Waals surface area contributed by atoms with Crippen molar-refractivity contribution >= 4 is 11.6 Å². The number of piperazine rings is 1. The first-order chi connectivity index (χ1) is 12.3. The molecule has 1 aromatic carbocycles. The Bertz CT molecular complexity index is 819. The van der Waals surface area contributed by atoms with Crippen molar-refractivity contribution in [2.75, 3.05) is 19.6 Å². The minimum atomic E-state index is 0.290. The predicted molar refractivity (Wildman–Crippen MR) is 97.2 cm³/mol. The van der Waals surface area contributed by atoms with Gasteiger partial charge in [0.2, 0.25) is 5.89 Å². The fourth-order valence-electron chi connectivity index (χ4n) is 3.15. The molecular weight excluding hydrogens is 336 g/mol.